The number of amides is 1. The van der Waals surface area contributed by atoms with Crippen molar-refractivity contribution in [1.82, 2.24) is 5.32 Å². The molecule has 94 valence electrons. The highest BCUT2D eigenvalue weighted by Crippen LogP contribution is 2.20. The molecule has 0 saturated heterocycles. The molecule has 1 aromatic rings. The normalized spacial score (nSPS) is 11.3. The Morgan fingerprint density at radius 2 is 2.18 bits per heavy atom. The standard InChI is InChI=1S/C12H17ClN2O2/c1-12(2,7-17-3)15-11(16)8-4-5-10(14)9(13)6-8/h4-6H,7,14H2,1-3H3,(H,15,16). The van der Waals surface area contributed by atoms with Crippen LogP contribution < -0.4 is 11.1 Å². The molecule has 0 aliphatic carbocycles. The van der Waals surface area contributed by atoms with Crippen LogP contribution >= 0.6 is 11.6 Å². The number of nitrogens with two attached hydrogens (primary N) is 1. The van der Waals surface area contributed by atoms with Crippen molar-refractivity contribution in [3.05, 3.63) is 28.8 Å². The van der Waals surface area contributed by atoms with Gasteiger partial charge in [0.2, 0.25) is 0 Å². The summed E-state index contributed by atoms with van der Waals surface area (Å²) in [6, 6.07) is 4.80. The van der Waals surface area contributed by atoms with E-state index in [1.54, 1.807) is 25.3 Å². The number of nitrogen functional groups attached to an aromatic ring is 1. The SMILES string of the molecule is COCC(C)(C)NC(=O)c1ccc(N)c(Cl)c1. The van der Waals surface area contributed by atoms with Crippen LogP contribution in [0.2, 0.25) is 5.02 Å². The number of benzene rings is 1. The van der Waals surface area contributed by atoms with Gasteiger partial charge in [-0.15, -0.1) is 0 Å². The van der Waals surface area contributed by atoms with E-state index in [0.29, 0.717) is 22.9 Å². The molecule has 0 spiro atoms. The molecule has 0 fully saturated rings. The average molecular weight is 257 g/mol. The lowest BCUT2D eigenvalue weighted by Crippen LogP contribution is -2.46. The molecular weight excluding hydrogens is 240 g/mol. The summed E-state index contributed by atoms with van der Waals surface area (Å²) in [5.74, 6) is -0.200. The summed E-state index contributed by atoms with van der Waals surface area (Å²) >= 11 is 5.86. The summed E-state index contributed by atoms with van der Waals surface area (Å²) < 4.78 is 5.03. The molecule has 4 nitrogen and oxygen atoms in total. The zero-order valence-corrected chi connectivity index (χ0v) is 11.0. The summed E-state index contributed by atoms with van der Waals surface area (Å²) in [6.07, 6.45) is 0. The molecule has 0 aliphatic heterocycles. The van der Waals surface area contributed by atoms with Crippen LogP contribution in [-0.2, 0) is 4.74 Å². The Morgan fingerprint density at radius 3 is 2.71 bits per heavy atom. The first-order valence-corrected chi connectivity index (χ1v) is 5.60. The molecule has 1 amide bonds. The zero-order chi connectivity index (χ0) is 13.1. The fourth-order valence-corrected chi connectivity index (χ4v) is 1.63. The van der Waals surface area contributed by atoms with Crippen LogP contribution in [0, 0.1) is 0 Å². The molecular formula is C12H17ClN2O2. The number of anilines is 1. The van der Waals surface area contributed by atoms with Crippen LogP contribution in [0.4, 0.5) is 5.69 Å². The quantitative estimate of drug-likeness (QED) is 0.811. The molecule has 0 bridgehead atoms. The summed E-state index contributed by atoms with van der Waals surface area (Å²) in [7, 11) is 1.59. The minimum Gasteiger partial charge on any atom is -0.398 e. The highest BCUT2D eigenvalue weighted by molar-refractivity contribution is 6.33. The van der Waals surface area contributed by atoms with E-state index in [4.69, 9.17) is 22.1 Å². The van der Waals surface area contributed by atoms with E-state index in [2.05, 4.69) is 5.32 Å². The third-order valence-electron chi connectivity index (χ3n) is 2.22. The fourth-order valence-electron chi connectivity index (χ4n) is 1.44. The van der Waals surface area contributed by atoms with Crippen LogP contribution in [0.1, 0.15) is 24.2 Å². The van der Waals surface area contributed by atoms with Gasteiger partial charge in [0.15, 0.2) is 0 Å². The van der Waals surface area contributed by atoms with Crippen molar-refractivity contribution >= 4 is 23.2 Å². The number of methoxy groups -OCH3 is 1. The molecule has 0 unspecified atom stereocenters. The molecule has 5 heteroatoms. The molecule has 0 saturated carbocycles. The molecule has 0 heterocycles. The first kappa shape index (κ1) is 13.8. The lowest BCUT2D eigenvalue weighted by Gasteiger charge is -2.25. The molecule has 0 atom stereocenters. The van der Waals surface area contributed by atoms with Crippen LogP contribution in [0.25, 0.3) is 0 Å². The van der Waals surface area contributed by atoms with Gasteiger partial charge in [0.05, 0.1) is 22.9 Å². The van der Waals surface area contributed by atoms with Crippen molar-refractivity contribution in [1.29, 1.82) is 0 Å². The van der Waals surface area contributed by atoms with Crippen molar-refractivity contribution in [3.8, 4) is 0 Å². The largest absolute Gasteiger partial charge is 0.398 e. The van der Waals surface area contributed by atoms with Gasteiger partial charge in [-0.1, -0.05) is 11.6 Å². The summed E-state index contributed by atoms with van der Waals surface area (Å²) in [5, 5.41) is 3.23. The predicted octanol–water partition coefficient (Wildman–Crippen LogP) is 2.08. The molecule has 17 heavy (non-hydrogen) atoms. The second-order valence-electron chi connectivity index (χ2n) is 4.51. The van der Waals surface area contributed by atoms with E-state index >= 15 is 0 Å². The van der Waals surface area contributed by atoms with Gasteiger partial charge in [-0.05, 0) is 32.0 Å². The Kier molecular flexibility index (Phi) is 4.37. The van der Waals surface area contributed by atoms with Gasteiger partial charge in [0.25, 0.3) is 5.91 Å². The van der Waals surface area contributed by atoms with Crippen molar-refractivity contribution in [2.45, 2.75) is 19.4 Å². The number of ether oxygens (including phenoxy) is 1. The van der Waals surface area contributed by atoms with Gasteiger partial charge >= 0.3 is 0 Å². The van der Waals surface area contributed by atoms with Crippen molar-refractivity contribution in [2.75, 3.05) is 19.5 Å². The van der Waals surface area contributed by atoms with E-state index in [0.717, 1.165) is 0 Å². The second-order valence-corrected chi connectivity index (χ2v) is 4.91. The van der Waals surface area contributed by atoms with Gasteiger partial charge in [0, 0.05) is 12.7 Å². The lowest BCUT2D eigenvalue weighted by molar-refractivity contribution is 0.0820. The molecule has 0 radical (unpaired) electrons. The van der Waals surface area contributed by atoms with Crippen LogP contribution in [0.3, 0.4) is 0 Å². The van der Waals surface area contributed by atoms with Gasteiger partial charge in [-0.3, -0.25) is 4.79 Å². The van der Waals surface area contributed by atoms with E-state index in [-0.39, 0.29) is 5.91 Å². The van der Waals surface area contributed by atoms with Gasteiger partial charge in [0.1, 0.15) is 0 Å². The maximum atomic E-state index is 11.9. The molecule has 0 aliphatic rings. The molecule has 1 rings (SSSR count). The number of nitrogens with one attached hydrogen (secondary N) is 1. The number of hydrogen-bond donors (Lipinski definition) is 2. The van der Waals surface area contributed by atoms with Crippen molar-refractivity contribution in [3.63, 3.8) is 0 Å². The monoisotopic (exact) mass is 256 g/mol. The highest BCUT2D eigenvalue weighted by Gasteiger charge is 2.21. The number of rotatable bonds is 4. The van der Waals surface area contributed by atoms with E-state index in [9.17, 15) is 4.79 Å². The second kappa shape index (κ2) is 5.38. The zero-order valence-electron chi connectivity index (χ0n) is 10.2. The van der Waals surface area contributed by atoms with Crippen LogP contribution in [-0.4, -0.2) is 25.2 Å². The topological polar surface area (TPSA) is 64.3 Å². The third kappa shape index (κ3) is 3.91. The van der Waals surface area contributed by atoms with E-state index in [1.165, 1.54) is 0 Å². The number of halogens is 1. The minimum absolute atomic E-state index is 0.200. The number of carbonyl (C=O) groups is 1. The number of hydrogen-bond acceptors (Lipinski definition) is 3. The Hall–Kier alpha value is -1.26. The van der Waals surface area contributed by atoms with Crippen molar-refractivity contribution in [2.24, 2.45) is 0 Å². The molecule has 1 aromatic carbocycles. The van der Waals surface area contributed by atoms with Crippen LogP contribution in [0.5, 0.6) is 0 Å². The highest BCUT2D eigenvalue weighted by atomic mass is 35.5. The maximum Gasteiger partial charge on any atom is 0.251 e. The summed E-state index contributed by atoms with van der Waals surface area (Å²) in [6.45, 7) is 4.20. The Morgan fingerprint density at radius 1 is 1.53 bits per heavy atom. The fraction of sp³-hybridized carbons (Fsp3) is 0.417. The minimum atomic E-state index is -0.431. The Labute approximate surface area is 106 Å². The predicted molar refractivity (Wildman–Crippen MR) is 69.3 cm³/mol. The van der Waals surface area contributed by atoms with Gasteiger partial charge in [-0.25, -0.2) is 0 Å². The molecule has 3 N–H and O–H groups in total. The Bertz CT molecular complexity index is 419. The van der Waals surface area contributed by atoms with Gasteiger partial charge < -0.3 is 15.8 Å². The average Bonchev–Trinajstić information content (AvgIpc) is 2.21. The third-order valence-corrected chi connectivity index (χ3v) is 2.55. The lowest BCUT2D eigenvalue weighted by atomic mass is 10.1. The van der Waals surface area contributed by atoms with Gasteiger partial charge in [-0.2, -0.15) is 0 Å². The van der Waals surface area contributed by atoms with Crippen molar-refractivity contribution < 1.29 is 9.53 Å². The maximum absolute atomic E-state index is 11.9. The van der Waals surface area contributed by atoms with E-state index in [1.807, 2.05) is 13.8 Å². The Balaban J connectivity index is 2.80. The van der Waals surface area contributed by atoms with E-state index < -0.39 is 5.54 Å². The summed E-state index contributed by atoms with van der Waals surface area (Å²) in [4.78, 5) is 11.9. The summed E-state index contributed by atoms with van der Waals surface area (Å²) in [5.41, 5.74) is 6.09. The first-order chi connectivity index (χ1) is 7.85. The number of carbonyl (C=O) groups excluding carboxylic acids is 1. The van der Waals surface area contributed by atoms with Crippen LogP contribution in [0.15, 0.2) is 18.2 Å². The molecule has 0 aromatic heterocycles. The smallest absolute Gasteiger partial charge is 0.251 e. The first-order valence-electron chi connectivity index (χ1n) is 5.22.